The van der Waals surface area contributed by atoms with Crippen molar-refractivity contribution < 1.29 is 23.9 Å². The SMILES string of the molecule is CCOC(=O)C1=C([O-])C2(CC2)C(=O)[N+]1(CC)CC. The van der Waals surface area contributed by atoms with Crippen molar-refractivity contribution >= 4 is 11.9 Å². The Labute approximate surface area is 107 Å². The van der Waals surface area contributed by atoms with Crippen molar-refractivity contribution in [3.63, 3.8) is 0 Å². The minimum Gasteiger partial charge on any atom is -0.870 e. The van der Waals surface area contributed by atoms with Crippen molar-refractivity contribution in [2.45, 2.75) is 33.6 Å². The number of quaternary nitrogens is 1. The van der Waals surface area contributed by atoms with E-state index in [0.717, 1.165) is 0 Å². The van der Waals surface area contributed by atoms with Gasteiger partial charge in [0.1, 0.15) is 5.41 Å². The van der Waals surface area contributed by atoms with Crippen LogP contribution in [0.5, 0.6) is 0 Å². The molecule has 1 aliphatic heterocycles. The number of esters is 1. The number of hydrogen-bond acceptors (Lipinski definition) is 4. The predicted octanol–water partition coefficient (Wildman–Crippen LogP) is 0.298. The van der Waals surface area contributed by atoms with Crippen LogP contribution >= 0.6 is 0 Å². The lowest BCUT2D eigenvalue weighted by Gasteiger charge is -2.31. The molecule has 1 aliphatic carbocycles. The van der Waals surface area contributed by atoms with E-state index in [4.69, 9.17) is 4.74 Å². The summed E-state index contributed by atoms with van der Waals surface area (Å²) in [6.45, 7) is 6.42. The van der Waals surface area contributed by atoms with Gasteiger partial charge in [-0.1, -0.05) is 0 Å². The van der Waals surface area contributed by atoms with E-state index in [9.17, 15) is 14.7 Å². The number of likely N-dealkylation sites (N-methyl/N-ethyl adjacent to an activating group) is 1. The molecule has 1 amide bonds. The van der Waals surface area contributed by atoms with Gasteiger partial charge < -0.3 is 9.84 Å². The van der Waals surface area contributed by atoms with E-state index in [0.29, 0.717) is 25.9 Å². The molecule has 0 aromatic carbocycles. The lowest BCUT2D eigenvalue weighted by molar-refractivity contribution is -0.807. The molecule has 5 nitrogen and oxygen atoms in total. The summed E-state index contributed by atoms with van der Waals surface area (Å²) in [5.74, 6) is -1.03. The number of amides is 1. The van der Waals surface area contributed by atoms with Gasteiger partial charge in [-0.05, 0) is 39.4 Å². The van der Waals surface area contributed by atoms with Gasteiger partial charge in [-0.15, -0.1) is 0 Å². The van der Waals surface area contributed by atoms with Crippen molar-refractivity contribution in [1.82, 2.24) is 0 Å². The molecule has 0 unspecified atom stereocenters. The Morgan fingerprint density at radius 2 is 1.89 bits per heavy atom. The van der Waals surface area contributed by atoms with Gasteiger partial charge in [0, 0.05) is 0 Å². The summed E-state index contributed by atoms with van der Waals surface area (Å²) in [5.41, 5.74) is -0.849. The number of hydrogen-bond donors (Lipinski definition) is 0. The molecule has 2 rings (SSSR count). The summed E-state index contributed by atoms with van der Waals surface area (Å²) in [7, 11) is 0. The zero-order valence-electron chi connectivity index (χ0n) is 11.1. The van der Waals surface area contributed by atoms with Gasteiger partial charge in [0.05, 0.1) is 19.7 Å². The third-order valence-corrected chi connectivity index (χ3v) is 4.17. The molecule has 1 fully saturated rings. The summed E-state index contributed by atoms with van der Waals surface area (Å²) in [5, 5.41) is 12.4. The van der Waals surface area contributed by atoms with E-state index in [-0.39, 0.29) is 28.5 Å². The topological polar surface area (TPSA) is 66.4 Å². The smallest absolute Gasteiger partial charge is 0.392 e. The Kier molecular flexibility index (Phi) is 2.97. The van der Waals surface area contributed by atoms with Crippen LogP contribution in [0.2, 0.25) is 0 Å². The van der Waals surface area contributed by atoms with E-state index >= 15 is 0 Å². The number of carbonyl (C=O) groups is 2. The number of ether oxygens (including phenoxy) is 1. The molecule has 1 spiro atoms. The first kappa shape index (κ1) is 13.1. The molecule has 0 aromatic heterocycles. The van der Waals surface area contributed by atoms with E-state index in [1.54, 1.807) is 6.92 Å². The Bertz CT molecular complexity index is 430. The Hall–Kier alpha value is -1.36. The molecule has 1 heterocycles. The molecule has 100 valence electrons. The minimum absolute atomic E-state index is 0.0457. The third kappa shape index (κ3) is 1.37. The second-order valence-corrected chi connectivity index (χ2v) is 4.89. The van der Waals surface area contributed by atoms with E-state index in [1.165, 1.54) is 0 Å². The highest BCUT2D eigenvalue weighted by Crippen LogP contribution is 2.58. The zero-order chi connectivity index (χ0) is 13.6. The van der Waals surface area contributed by atoms with Crippen LogP contribution in [0.4, 0.5) is 0 Å². The van der Waals surface area contributed by atoms with Crippen molar-refractivity contribution in [2.75, 3.05) is 19.7 Å². The summed E-state index contributed by atoms with van der Waals surface area (Å²) in [6, 6.07) is 0. The fraction of sp³-hybridized carbons (Fsp3) is 0.692. The number of carbonyl (C=O) groups excluding carboxylic acids is 2. The summed E-state index contributed by atoms with van der Waals surface area (Å²) >= 11 is 0. The second kappa shape index (κ2) is 4.09. The predicted molar refractivity (Wildman–Crippen MR) is 61.7 cm³/mol. The number of rotatable bonds is 4. The van der Waals surface area contributed by atoms with E-state index in [1.807, 2.05) is 13.8 Å². The van der Waals surface area contributed by atoms with Crippen LogP contribution < -0.4 is 5.11 Å². The lowest BCUT2D eigenvalue weighted by Crippen LogP contribution is -2.52. The van der Waals surface area contributed by atoms with Crippen LogP contribution in [0.1, 0.15) is 33.6 Å². The highest BCUT2D eigenvalue weighted by Gasteiger charge is 2.67. The monoisotopic (exact) mass is 253 g/mol. The maximum atomic E-state index is 12.5. The van der Waals surface area contributed by atoms with Crippen LogP contribution in [-0.4, -0.2) is 36.1 Å². The van der Waals surface area contributed by atoms with Crippen LogP contribution in [0.25, 0.3) is 0 Å². The Morgan fingerprint density at radius 1 is 1.33 bits per heavy atom. The Balaban J connectivity index is 2.52. The average Bonchev–Trinajstić information content (AvgIpc) is 3.12. The molecule has 0 N–H and O–H groups in total. The molecule has 0 radical (unpaired) electrons. The van der Waals surface area contributed by atoms with Gasteiger partial charge >= 0.3 is 11.9 Å². The summed E-state index contributed by atoms with van der Waals surface area (Å²) < 4.78 is 4.82. The lowest BCUT2D eigenvalue weighted by atomic mass is 10.1. The van der Waals surface area contributed by atoms with Gasteiger partial charge in [-0.2, -0.15) is 0 Å². The van der Waals surface area contributed by atoms with E-state index < -0.39 is 11.4 Å². The van der Waals surface area contributed by atoms with Crippen LogP contribution in [0, 0.1) is 5.41 Å². The molecule has 5 heteroatoms. The molecular weight excluding hydrogens is 234 g/mol. The Morgan fingerprint density at radius 3 is 2.28 bits per heavy atom. The first-order valence-corrected chi connectivity index (χ1v) is 6.51. The highest BCUT2D eigenvalue weighted by atomic mass is 16.5. The van der Waals surface area contributed by atoms with Gasteiger partial charge in [0.25, 0.3) is 0 Å². The highest BCUT2D eigenvalue weighted by molar-refractivity contribution is 5.97. The molecule has 2 aliphatic rings. The standard InChI is InChI=1S/C13H19NO4/c1-4-14(5-2)9(11(16)18-6-3)10(15)13(7-8-13)12(14)17/h4-8H2,1-3H3. The van der Waals surface area contributed by atoms with Crippen LogP contribution in [0.15, 0.2) is 11.5 Å². The van der Waals surface area contributed by atoms with Crippen LogP contribution in [0.3, 0.4) is 0 Å². The maximum Gasteiger partial charge on any atom is 0.392 e. The van der Waals surface area contributed by atoms with Crippen molar-refractivity contribution in [2.24, 2.45) is 5.41 Å². The van der Waals surface area contributed by atoms with Crippen molar-refractivity contribution in [3.05, 3.63) is 11.5 Å². The fourth-order valence-corrected chi connectivity index (χ4v) is 2.89. The number of nitrogens with zero attached hydrogens (tertiary/aromatic N) is 1. The van der Waals surface area contributed by atoms with Gasteiger partial charge in [-0.25, -0.2) is 14.1 Å². The first-order valence-electron chi connectivity index (χ1n) is 6.51. The fourth-order valence-electron chi connectivity index (χ4n) is 2.89. The van der Waals surface area contributed by atoms with Gasteiger partial charge in [-0.3, -0.25) is 0 Å². The summed E-state index contributed by atoms with van der Waals surface area (Å²) in [4.78, 5) is 24.5. The molecule has 0 saturated heterocycles. The molecule has 18 heavy (non-hydrogen) atoms. The minimum atomic E-state index is -0.895. The van der Waals surface area contributed by atoms with Crippen molar-refractivity contribution in [3.8, 4) is 0 Å². The molecule has 1 saturated carbocycles. The first-order chi connectivity index (χ1) is 8.50. The molecule has 0 atom stereocenters. The van der Waals surface area contributed by atoms with Gasteiger partial charge in [0.15, 0.2) is 0 Å². The maximum absolute atomic E-state index is 12.5. The molecule has 0 aromatic rings. The van der Waals surface area contributed by atoms with Crippen LogP contribution in [-0.2, 0) is 14.3 Å². The third-order valence-electron chi connectivity index (χ3n) is 4.17. The average molecular weight is 253 g/mol. The van der Waals surface area contributed by atoms with E-state index in [2.05, 4.69) is 0 Å². The molecule has 0 bridgehead atoms. The van der Waals surface area contributed by atoms with Crippen molar-refractivity contribution in [1.29, 1.82) is 0 Å². The summed E-state index contributed by atoms with van der Waals surface area (Å²) in [6.07, 6.45) is 1.15. The molecular formula is C13H19NO4. The largest absolute Gasteiger partial charge is 0.870 e. The van der Waals surface area contributed by atoms with Gasteiger partial charge in [0.2, 0.25) is 5.70 Å². The quantitative estimate of drug-likeness (QED) is 0.534. The second-order valence-electron chi connectivity index (χ2n) is 4.89. The normalized spacial score (nSPS) is 23.6. The zero-order valence-corrected chi connectivity index (χ0v) is 11.1.